The molecule has 0 spiro atoms. The summed E-state index contributed by atoms with van der Waals surface area (Å²) in [5, 5.41) is 22.5. The van der Waals surface area contributed by atoms with Crippen molar-refractivity contribution in [1.82, 2.24) is 9.97 Å². The molecule has 0 saturated heterocycles. The number of aromatic nitrogens is 2. The normalized spacial score (nSPS) is 11.6. The lowest BCUT2D eigenvalue weighted by Gasteiger charge is -2.17. The van der Waals surface area contributed by atoms with Gasteiger partial charge in [-0.25, -0.2) is 14.4 Å². The molecule has 4 aromatic rings. The zero-order valence-corrected chi connectivity index (χ0v) is 17.8. The summed E-state index contributed by atoms with van der Waals surface area (Å²) < 4.78 is 19.3. The van der Waals surface area contributed by atoms with Gasteiger partial charge in [0.2, 0.25) is 5.88 Å². The molecule has 4 rings (SSSR count). The molecule has 0 fully saturated rings. The van der Waals surface area contributed by atoms with Crippen LogP contribution in [0, 0.1) is 17.1 Å². The van der Waals surface area contributed by atoms with Crippen molar-refractivity contribution in [3.8, 4) is 34.3 Å². The van der Waals surface area contributed by atoms with Crippen LogP contribution in [0.15, 0.2) is 60.8 Å². The largest absolute Gasteiger partial charge is 0.481 e. The van der Waals surface area contributed by atoms with Crippen molar-refractivity contribution in [3.63, 3.8) is 0 Å². The Morgan fingerprint density at radius 2 is 1.91 bits per heavy atom. The number of nitrogens with zero attached hydrogens (tertiary/aromatic N) is 3. The molecule has 0 aliphatic rings. The average Bonchev–Trinajstić information content (AvgIpc) is 2.84. The lowest BCUT2D eigenvalue weighted by atomic mass is 9.98. The number of hydrogen-bond donors (Lipinski definition) is 2. The molecule has 0 bridgehead atoms. The summed E-state index contributed by atoms with van der Waals surface area (Å²) in [6.45, 7) is 1.45. The topological polar surface area (TPSA) is 108 Å². The lowest BCUT2D eigenvalue weighted by molar-refractivity contribution is -0.137. The molecule has 2 aromatic heterocycles. The van der Waals surface area contributed by atoms with E-state index in [2.05, 4.69) is 21.4 Å². The number of rotatable bonds is 6. The second kappa shape index (κ2) is 8.93. The summed E-state index contributed by atoms with van der Waals surface area (Å²) in [5.74, 6) is -1.12. The summed E-state index contributed by atoms with van der Waals surface area (Å²) in [4.78, 5) is 20.2. The number of halogens is 1. The van der Waals surface area contributed by atoms with E-state index < -0.39 is 17.8 Å². The molecule has 7 nitrogen and oxygen atoms in total. The number of aliphatic carboxylic acids is 1. The minimum atomic E-state index is -1.10. The van der Waals surface area contributed by atoms with E-state index in [4.69, 9.17) is 4.74 Å². The maximum Gasteiger partial charge on any atom is 0.325 e. The quantitative estimate of drug-likeness (QED) is 0.439. The van der Waals surface area contributed by atoms with Crippen LogP contribution in [0.5, 0.6) is 5.88 Å². The van der Waals surface area contributed by atoms with Gasteiger partial charge in [-0.1, -0.05) is 24.3 Å². The Morgan fingerprint density at radius 1 is 1.18 bits per heavy atom. The molecule has 2 aromatic carbocycles. The minimum Gasteiger partial charge on any atom is -0.481 e. The third-order valence-electron chi connectivity index (χ3n) is 5.22. The highest BCUT2D eigenvalue weighted by molar-refractivity contribution is 5.99. The standard InChI is InChI=1S/C25H19FN4O3/c1-14(25(31)32)29-23-19-12-17(26)9-10-21(19)30-22(20(23)13-27)16-7-5-15(6-8-16)18-4-3-11-28-24(18)33-2/h3-12,14H,1-2H3,(H,29,30)(H,31,32)/t14-/m1/s1. The third kappa shape index (κ3) is 4.16. The molecule has 0 saturated carbocycles. The van der Waals surface area contributed by atoms with Gasteiger partial charge in [-0.15, -0.1) is 0 Å². The maximum absolute atomic E-state index is 14.0. The molecule has 0 unspecified atom stereocenters. The van der Waals surface area contributed by atoms with Gasteiger partial charge in [-0.05, 0) is 42.8 Å². The van der Waals surface area contributed by atoms with E-state index in [-0.39, 0.29) is 11.3 Å². The number of carboxylic acid groups (broad SMARTS) is 1. The number of benzene rings is 2. The molecule has 0 aliphatic carbocycles. The van der Waals surface area contributed by atoms with Gasteiger partial charge in [-0.2, -0.15) is 5.26 Å². The smallest absolute Gasteiger partial charge is 0.325 e. The van der Waals surface area contributed by atoms with Gasteiger partial charge >= 0.3 is 5.97 Å². The van der Waals surface area contributed by atoms with Crippen molar-refractivity contribution < 1.29 is 19.0 Å². The molecular formula is C25H19FN4O3. The van der Waals surface area contributed by atoms with Crippen molar-refractivity contribution >= 4 is 22.6 Å². The van der Waals surface area contributed by atoms with E-state index in [0.717, 1.165) is 11.1 Å². The third-order valence-corrected chi connectivity index (χ3v) is 5.22. The van der Waals surface area contributed by atoms with Crippen LogP contribution in [0.4, 0.5) is 10.1 Å². The van der Waals surface area contributed by atoms with Crippen LogP contribution in [-0.4, -0.2) is 34.2 Å². The Bertz CT molecular complexity index is 1400. The van der Waals surface area contributed by atoms with Crippen molar-refractivity contribution in [2.75, 3.05) is 12.4 Å². The van der Waals surface area contributed by atoms with Crippen LogP contribution >= 0.6 is 0 Å². The zero-order valence-electron chi connectivity index (χ0n) is 17.8. The second-order valence-corrected chi connectivity index (χ2v) is 7.33. The highest BCUT2D eigenvalue weighted by Gasteiger charge is 2.21. The van der Waals surface area contributed by atoms with E-state index in [0.29, 0.717) is 28.0 Å². The van der Waals surface area contributed by atoms with Gasteiger partial charge in [0.05, 0.1) is 24.0 Å². The molecule has 0 amide bonds. The van der Waals surface area contributed by atoms with Crippen molar-refractivity contribution in [1.29, 1.82) is 5.26 Å². The molecule has 2 heterocycles. The number of nitrogens with one attached hydrogen (secondary N) is 1. The Morgan fingerprint density at radius 3 is 2.58 bits per heavy atom. The summed E-state index contributed by atoms with van der Waals surface area (Å²) in [5.41, 5.74) is 3.48. The Balaban J connectivity index is 1.88. The van der Waals surface area contributed by atoms with Crippen LogP contribution < -0.4 is 10.1 Å². The van der Waals surface area contributed by atoms with Gasteiger partial charge in [0.1, 0.15) is 23.5 Å². The molecule has 8 heteroatoms. The molecule has 1 atom stereocenters. The van der Waals surface area contributed by atoms with Gasteiger partial charge in [0.15, 0.2) is 0 Å². The Labute approximate surface area is 189 Å². The van der Waals surface area contributed by atoms with Crippen LogP contribution in [0.2, 0.25) is 0 Å². The van der Waals surface area contributed by atoms with E-state index in [1.807, 2.05) is 36.4 Å². The van der Waals surface area contributed by atoms with Crippen LogP contribution in [-0.2, 0) is 4.79 Å². The number of anilines is 1. The van der Waals surface area contributed by atoms with E-state index >= 15 is 0 Å². The van der Waals surface area contributed by atoms with Gasteiger partial charge in [0.25, 0.3) is 0 Å². The Hall–Kier alpha value is -4.51. The van der Waals surface area contributed by atoms with Crippen molar-refractivity contribution in [3.05, 3.63) is 72.2 Å². The molecule has 0 aliphatic heterocycles. The highest BCUT2D eigenvalue weighted by atomic mass is 19.1. The Kier molecular flexibility index (Phi) is 5.87. The monoisotopic (exact) mass is 442 g/mol. The van der Waals surface area contributed by atoms with Crippen molar-refractivity contribution in [2.24, 2.45) is 0 Å². The number of fused-ring (bicyclic) bond motifs is 1. The number of methoxy groups -OCH3 is 1. The second-order valence-electron chi connectivity index (χ2n) is 7.33. The first-order valence-electron chi connectivity index (χ1n) is 10.1. The highest BCUT2D eigenvalue weighted by Crippen LogP contribution is 2.36. The first kappa shape index (κ1) is 21.7. The number of carbonyl (C=O) groups is 1. The van der Waals surface area contributed by atoms with E-state index in [1.54, 1.807) is 13.3 Å². The number of hydrogen-bond acceptors (Lipinski definition) is 6. The zero-order chi connectivity index (χ0) is 23.5. The first-order chi connectivity index (χ1) is 15.9. The molecular weight excluding hydrogens is 423 g/mol. The number of ether oxygens (including phenoxy) is 1. The van der Waals surface area contributed by atoms with Crippen LogP contribution in [0.3, 0.4) is 0 Å². The molecule has 2 N–H and O–H groups in total. The fourth-order valence-corrected chi connectivity index (χ4v) is 3.56. The van der Waals surface area contributed by atoms with Gasteiger partial charge in [0, 0.05) is 22.7 Å². The van der Waals surface area contributed by atoms with Gasteiger partial charge in [-0.3, -0.25) is 4.79 Å². The fraction of sp³-hybridized carbons (Fsp3) is 0.120. The molecule has 33 heavy (non-hydrogen) atoms. The van der Waals surface area contributed by atoms with E-state index in [9.17, 15) is 19.6 Å². The summed E-state index contributed by atoms with van der Waals surface area (Å²) in [7, 11) is 1.55. The predicted molar refractivity (Wildman–Crippen MR) is 122 cm³/mol. The first-order valence-corrected chi connectivity index (χ1v) is 10.1. The molecule has 164 valence electrons. The molecule has 0 radical (unpaired) electrons. The fourth-order valence-electron chi connectivity index (χ4n) is 3.56. The number of pyridine rings is 2. The SMILES string of the molecule is COc1ncccc1-c1ccc(-c2nc3ccc(F)cc3c(N[C@H](C)C(=O)O)c2C#N)cc1. The van der Waals surface area contributed by atoms with Crippen LogP contribution in [0.25, 0.3) is 33.3 Å². The average molecular weight is 442 g/mol. The van der Waals surface area contributed by atoms with E-state index in [1.165, 1.54) is 25.1 Å². The van der Waals surface area contributed by atoms with Gasteiger partial charge < -0.3 is 15.2 Å². The number of nitriles is 1. The summed E-state index contributed by atoms with van der Waals surface area (Å²) in [6.07, 6.45) is 1.64. The summed E-state index contributed by atoms with van der Waals surface area (Å²) >= 11 is 0. The lowest BCUT2D eigenvalue weighted by Crippen LogP contribution is -2.26. The predicted octanol–water partition coefficient (Wildman–Crippen LogP) is 4.87. The minimum absolute atomic E-state index is 0.132. The van der Waals surface area contributed by atoms with Crippen LogP contribution in [0.1, 0.15) is 12.5 Å². The maximum atomic E-state index is 14.0. The number of carboxylic acids is 1. The van der Waals surface area contributed by atoms with Crippen molar-refractivity contribution in [2.45, 2.75) is 13.0 Å². The summed E-state index contributed by atoms with van der Waals surface area (Å²) in [6, 6.07) is 16.2.